The topological polar surface area (TPSA) is 49.9 Å². The number of hydrogen-bond donors (Lipinski definition) is 0. The second-order valence-electron chi connectivity index (χ2n) is 7.99. The van der Waals surface area contributed by atoms with Crippen LogP contribution in [0, 0.1) is 13.8 Å². The van der Waals surface area contributed by atoms with Crippen LogP contribution in [-0.2, 0) is 16.6 Å². The summed E-state index contributed by atoms with van der Waals surface area (Å²) in [6.07, 6.45) is 0. The van der Waals surface area contributed by atoms with E-state index in [0.717, 1.165) is 23.4 Å². The smallest absolute Gasteiger partial charge is 0.243 e. The van der Waals surface area contributed by atoms with Crippen LogP contribution in [0.5, 0.6) is 5.75 Å². The molecule has 0 N–H and O–H groups in total. The van der Waals surface area contributed by atoms with Gasteiger partial charge in [0.05, 0.1) is 11.5 Å². The van der Waals surface area contributed by atoms with Crippen molar-refractivity contribution in [2.75, 3.05) is 19.7 Å². The van der Waals surface area contributed by atoms with Crippen LogP contribution in [-0.4, -0.2) is 49.4 Å². The van der Waals surface area contributed by atoms with Crippen LogP contribution >= 0.6 is 0 Å². The Bertz CT molecular complexity index is 932. The summed E-state index contributed by atoms with van der Waals surface area (Å²) in [6, 6.07) is 14.2. The Morgan fingerprint density at radius 2 is 1.62 bits per heavy atom. The Labute approximate surface area is 175 Å². The summed E-state index contributed by atoms with van der Waals surface area (Å²) in [5, 5.41) is 0. The normalized spacial score (nSPS) is 21.3. The van der Waals surface area contributed by atoms with Crippen LogP contribution in [0.2, 0.25) is 0 Å². The number of nitrogens with zero attached hydrogens (tertiary/aromatic N) is 2. The minimum absolute atomic E-state index is 0.137. The number of aryl methyl sites for hydroxylation is 2. The van der Waals surface area contributed by atoms with Crippen LogP contribution in [0.3, 0.4) is 0 Å². The van der Waals surface area contributed by atoms with Gasteiger partial charge < -0.3 is 4.74 Å². The minimum atomic E-state index is -3.56. The van der Waals surface area contributed by atoms with Crippen molar-refractivity contribution in [2.24, 2.45) is 0 Å². The van der Waals surface area contributed by atoms with Gasteiger partial charge in [0.2, 0.25) is 10.0 Å². The Morgan fingerprint density at radius 3 is 2.21 bits per heavy atom. The third-order valence-electron chi connectivity index (χ3n) is 5.67. The Balaban J connectivity index is 1.82. The second kappa shape index (κ2) is 8.86. The summed E-state index contributed by atoms with van der Waals surface area (Å²) >= 11 is 0. The van der Waals surface area contributed by atoms with Crippen molar-refractivity contribution in [3.05, 3.63) is 59.2 Å². The minimum Gasteiger partial charge on any atom is -0.494 e. The largest absolute Gasteiger partial charge is 0.494 e. The molecule has 2 unspecified atom stereocenters. The average Bonchev–Trinajstić information content (AvgIpc) is 2.68. The van der Waals surface area contributed by atoms with E-state index < -0.39 is 10.0 Å². The summed E-state index contributed by atoms with van der Waals surface area (Å²) in [5.41, 5.74) is 2.83. The van der Waals surface area contributed by atoms with Crippen LogP contribution in [0.25, 0.3) is 0 Å². The molecule has 29 heavy (non-hydrogen) atoms. The summed E-state index contributed by atoms with van der Waals surface area (Å²) < 4.78 is 34.2. The van der Waals surface area contributed by atoms with Gasteiger partial charge in [-0.2, -0.15) is 4.31 Å². The molecule has 1 fully saturated rings. The predicted molar refractivity (Wildman–Crippen MR) is 117 cm³/mol. The first-order valence-electron chi connectivity index (χ1n) is 10.3. The Morgan fingerprint density at radius 1 is 1.00 bits per heavy atom. The quantitative estimate of drug-likeness (QED) is 0.715. The molecular weight excluding hydrogens is 384 g/mol. The fourth-order valence-electron chi connectivity index (χ4n) is 4.10. The van der Waals surface area contributed by atoms with E-state index in [-0.39, 0.29) is 12.1 Å². The standard InChI is InChI=1S/C23H32N2O3S/c1-6-28-22-12-18(3)23(13-17(22)2)29(26,27)24-14-19(4)25(20(5)15-24)16-21-10-8-7-9-11-21/h7-13,19-20H,6,14-16H2,1-5H3. The van der Waals surface area contributed by atoms with E-state index in [1.807, 2.05) is 45.0 Å². The third kappa shape index (κ3) is 4.65. The molecule has 0 aliphatic carbocycles. The lowest BCUT2D eigenvalue weighted by Crippen LogP contribution is -2.57. The zero-order chi connectivity index (χ0) is 21.2. The van der Waals surface area contributed by atoms with Crippen molar-refractivity contribution in [2.45, 2.75) is 58.1 Å². The number of ether oxygens (including phenoxy) is 1. The van der Waals surface area contributed by atoms with Crippen molar-refractivity contribution in [3.8, 4) is 5.75 Å². The van der Waals surface area contributed by atoms with Crippen molar-refractivity contribution >= 4 is 10.0 Å². The first-order chi connectivity index (χ1) is 13.7. The highest BCUT2D eigenvalue weighted by molar-refractivity contribution is 7.89. The first-order valence-corrected chi connectivity index (χ1v) is 11.7. The molecule has 5 nitrogen and oxygen atoms in total. The zero-order valence-electron chi connectivity index (χ0n) is 18.1. The molecule has 0 radical (unpaired) electrons. The Kier molecular flexibility index (Phi) is 6.66. The molecule has 1 aliphatic rings. The lowest BCUT2D eigenvalue weighted by atomic mass is 10.1. The van der Waals surface area contributed by atoms with Crippen molar-refractivity contribution in [1.82, 2.24) is 9.21 Å². The van der Waals surface area contributed by atoms with Crippen molar-refractivity contribution in [1.29, 1.82) is 0 Å². The highest BCUT2D eigenvalue weighted by atomic mass is 32.2. The molecule has 3 rings (SSSR count). The maximum Gasteiger partial charge on any atom is 0.243 e. The van der Waals surface area contributed by atoms with E-state index in [1.54, 1.807) is 10.4 Å². The number of rotatable bonds is 6. The fraction of sp³-hybridized carbons (Fsp3) is 0.478. The van der Waals surface area contributed by atoms with Crippen molar-refractivity contribution in [3.63, 3.8) is 0 Å². The van der Waals surface area contributed by atoms with E-state index in [2.05, 4.69) is 30.9 Å². The first kappa shape index (κ1) is 21.8. The molecule has 0 spiro atoms. The fourth-order valence-corrected chi connectivity index (χ4v) is 6.00. The number of benzene rings is 2. The molecule has 1 aliphatic heterocycles. The molecule has 0 amide bonds. The van der Waals surface area contributed by atoms with Gasteiger partial charge in [0, 0.05) is 31.7 Å². The SMILES string of the molecule is CCOc1cc(C)c(S(=O)(=O)N2CC(C)N(Cc3ccccc3)C(C)C2)cc1C. The number of sulfonamides is 1. The maximum absolute atomic E-state index is 13.5. The predicted octanol–water partition coefficient (Wildman–Crippen LogP) is 3.99. The highest BCUT2D eigenvalue weighted by Crippen LogP contribution is 2.30. The summed E-state index contributed by atoms with van der Waals surface area (Å²) in [7, 11) is -3.56. The molecule has 0 bridgehead atoms. The lowest BCUT2D eigenvalue weighted by molar-refractivity contribution is 0.0698. The Hall–Kier alpha value is -1.89. The molecule has 6 heteroatoms. The summed E-state index contributed by atoms with van der Waals surface area (Å²) in [5.74, 6) is 0.748. The molecular formula is C23H32N2O3S. The van der Waals surface area contributed by atoms with E-state index in [0.29, 0.717) is 24.6 Å². The van der Waals surface area contributed by atoms with Gasteiger partial charge in [0.1, 0.15) is 5.75 Å². The monoisotopic (exact) mass is 416 g/mol. The molecule has 158 valence electrons. The van der Waals surface area contributed by atoms with Gasteiger partial charge >= 0.3 is 0 Å². The zero-order valence-corrected chi connectivity index (χ0v) is 18.9. The van der Waals surface area contributed by atoms with Gasteiger partial charge in [0.25, 0.3) is 0 Å². The van der Waals surface area contributed by atoms with Gasteiger partial charge in [-0.25, -0.2) is 8.42 Å². The van der Waals surface area contributed by atoms with E-state index in [9.17, 15) is 8.42 Å². The highest BCUT2D eigenvalue weighted by Gasteiger charge is 2.36. The van der Waals surface area contributed by atoms with Crippen LogP contribution < -0.4 is 4.74 Å². The number of hydrogen-bond acceptors (Lipinski definition) is 4. The van der Waals surface area contributed by atoms with Crippen LogP contribution in [0.1, 0.15) is 37.5 Å². The van der Waals surface area contributed by atoms with Gasteiger partial charge in [-0.3, -0.25) is 4.90 Å². The number of piperazine rings is 1. The van der Waals surface area contributed by atoms with E-state index >= 15 is 0 Å². The van der Waals surface area contributed by atoms with Gasteiger partial charge in [-0.1, -0.05) is 30.3 Å². The van der Waals surface area contributed by atoms with E-state index in [4.69, 9.17) is 4.74 Å². The van der Waals surface area contributed by atoms with Crippen LogP contribution in [0.15, 0.2) is 47.4 Å². The summed E-state index contributed by atoms with van der Waals surface area (Å²) in [4.78, 5) is 2.77. The second-order valence-corrected chi connectivity index (χ2v) is 9.90. The average molecular weight is 417 g/mol. The molecule has 1 saturated heterocycles. The molecule has 2 atom stereocenters. The van der Waals surface area contributed by atoms with Gasteiger partial charge in [-0.05, 0) is 63.4 Å². The van der Waals surface area contributed by atoms with Gasteiger partial charge in [0.15, 0.2) is 0 Å². The molecule has 2 aromatic carbocycles. The summed E-state index contributed by atoms with van der Waals surface area (Å²) in [6.45, 7) is 12.3. The van der Waals surface area contributed by atoms with Crippen LogP contribution in [0.4, 0.5) is 0 Å². The molecule has 2 aromatic rings. The van der Waals surface area contributed by atoms with Crippen molar-refractivity contribution < 1.29 is 13.2 Å². The third-order valence-corrected chi connectivity index (χ3v) is 7.64. The maximum atomic E-state index is 13.5. The molecule has 1 heterocycles. The van der Waals surface area contributed by atoms with E-state index in [1.165, 1.54) is 5.56 Å². The van der Waals surface area contributed by atoms with Gasteiger partial charge in [-0.15, -0.1) is 0 Å². The lowest BCUT2D eigenvalue weighted by Gasteiger charge is -2.44. The molecule has 0 aromatic heterocycles. The molecule has 0 saturated carbocycles.